The van der Waals surface area contributed by atoms with Gasteiger partial charge in [0.2, 0.25) is 0 Å². The van der Waals surface area contributed by atoms with Crippen molar-refractivity contribution in [2.24, 2.45) is 5.92 Å². The Bertz CT molecular complexity index is 896. The quantitative estimate of drug-likeness (QED) is 0.431. The zero-order valence-corrected chi connectivity index (χ0v) is 17.9. The number of halogens is 4. The smallest absolute Gasteiger partial charge is 0.422 e. The number of carboxylic acid groups (broad SMARTS) is 1. The third kappa shape index (κ3) is 5.64. The minimum absolute atomic E-state index is 0.0273. The average Bonchev–Trinajstić information content (AvgIpc) is 2.64. The lowest BCUT2D eigenvalue weighted by Gasteiger charge is -2.28. The molecule has 0 saturated heterocycles. The fraction of sp³-hybridized carbons (Fsp3) is 0.409. The Morgan fingerprint density at radius 2 is 1.93 bits per heavy atom. The van der Waals surface area contributed by atoms with Crippen molar-refractivity contribution in [1.29, 1.82) is 0 Å². The van der Waals surface area contributed by atoms with Gasteiger partial charge in [0, 0.05) is 10.5 Å². The molecule has 3 rings (SSSR count). The molecule has 0 amide bonds. The van der Waals surface area contributed by atoms with Crippen LogP contribution < -0.4 is 4.74 Å². The van der Waals surface area contributed by atoms with Crippen LogP contribution in [0.1, 0.15) is 37.2 Å². The number of thioether (sulfide) groups is 1. The molecule has 0 spiro atoms. The first kappa shape index (κ1) is 22.8. The Labute approximate surface area is 182 Å². The molecule has 0 aromatic heterocycles. The number of aliphatic carboxylic acids is 1. The third-order valence-corrected chi connectivity index (χ3v) is 6.37. The van der Waals surface area contributed by atoms with E-state index in [1.165, 1.54) is 17.8 Å². The lowest BCUT2D eigenvalue weighted by atomic mass is 9.77. The van der Waals surface area contributed by atoms with Crippen molar-refractivity contribution in [2.75, 3.05) is 12.9 Å². The zero-order valence-electron chi connectivity index (χ0n) is 16.3. The fourth-order valence-electron chi connectivity index (χ4n) is 3.54. The van der Waals surface area contributed by atoms with Gasteiger partial charge >= 0.3 is 12.1 Å². The van der Waals surface area contributed by atoms with Gasteiger partial charge in [0.1, 0.15) is 5.75 Å². The van der Waals surface area contributed by atoms with Crippen LogP contribution in [0.3, 0.4) is 0 Å². The first-order chi connectivity index (χ1) is 14.2. The van der Waals surface area contributed by atoms with E-state index in [9.17, 15) is 23.1 Å². The lowest BCUT2D eigenvalue weighted by Crippen LogP contribution is -2.21. The molecule has 1 atom stereocenters. The fourth-order valence-corrected chi connectivity index (χ4v) is 4.23. The summed E-state index contributed by atoms with van der Waals surface area (Å²) in [4.78, 5) is 12.9. The molecule has 1 saturated carbocycles. The summed E-state index contributed by atoms with van der Waals surface area (Å²) < 4.78 is 43.3. The van der Waals surface area contributed by atoms with E-state index in [1.54, 1.807) is 18.2 Å². The Morgan fingerprint density at radius 1 is 1.27 bits per heavy atom. The van der Waals surface area contributed by atoms with E-state index in [4.69, 9.17) is 16.3 Å². The minimum Gasteiger partial charge on any atom is -0.482 e. The lowest BCUT2D eigenvalue weighted by molar-refractivity contribution is -0.153. The van der Waals surface area contributed by atoms with E-state index in [0.29, 0.717) is 29.0 Å². The maximum absolute atomic E-state index is 12.8. The van der Waals surface area contributed by atoms with Crippen molar-refractivity contribution in [2.45, 2.75) is 42.7 Å². The van der Waals surface area contributed by atoms with Gasteiger partial charge in [-0.2, -0.15) is 13.2 Å². The monoisotopic (exact) mass is 458 g/mol. The molecule has 1 N–H and O–H groups in total. The number of alkyl halides is 3. The molecule has 1 aliphatic carbocycles. The van der Waals surface area contributed by atoms with Crippen molar-refractivity contribution in [3.05, 3.63) is 47.0 Å². The van der Waals surface area contributed by atoms with Crippen LogP contribution in [0.5, 0.6) is 5.75 Å². The van der Waals surface area contributed by atoms with Gasteiger partial charge in [-0.1, -0.05) is 43.0 Å². The molecule has 0 aliphatic heterocycles. The number of benzene rings is 2. The van der Waals surface area contributed by atoms with E-state index < -0.39 is 24.7 Å². The van der Waals surface area contributed by atoms with E-state index in [0.717, 1.165) is 24.2 Å². The van der Waals surface area contributed by atoms with Gasteiger partial charge in [0.25, 0.3) is 0 Å². The van der Waals surface area contributed by atoms with Gasteiger partial charge in [-0.25, -0.2) is 0 Å². The zero-order chi connectivity index (χ0) is 21.9. The largest absolute Gasteiger partial charge is 0.482 e. The molecular weight excluding hydrogens is 437 g/mol. The summed E-state index contributed by atoms with van der Waals surface area (Å²) >= 11 is 7.85. The highest BCUT2D eigenvalue weighted by Crippen LogP contribution is 2.43. The molecule has 3 nitrogen and oxygen atoms in total. The van der Waals surface area contributed by atoms with E-state index in [1.807, 2.05) is 18.4 Å². The Hall–Kier alpha value is -1.86. The van der Waals surface area contributed by atoms with Crippen LogP contribution in [0.15, 0.2) is 41.3 Å². The Balaban J connectivity index is 2.04. The summed E-state index contributed by atoms with van der Waals surface area (Å²) in [5.41, 5.74) is 1.44. The summed E-state index contributed by atoms with van der Waals surface area (Å²) in [6.45, 7) is -1.48. The summed E-state index contributed by atoms with van der Waals surface area (Å²) in [6.07, 6.45) is 0.965. The molecular formula is C22H22ClF3O3S. The van der Waals surface area contributed by atoms with Crippen LogP contribution in [-0.4, -0.2) is 30.1 Å². The first-order valence-corrected chi connectivity index (χ1v) is 11.2. The molecule has 0 heterocycles. The van der Waals surface area contributed by atoms with Gasteiger partial charge in [-0.3, -0.25) is 4.79 Å². The second kappa shape index (κ2) is 9.52. The normalized spacial score (nSPS) is 15.5. The average molecular weight is 459 g/mol. The molecule has 1 aliphatic rings. The Kier molecular flexibility index (Phi) is 7.24. The molecule has 2 aromatic rings. The van der Waals surface area contributed by atoms with Crippen LogP contribution in [0, 0.1) is 5.92 Å². The number of carbonyl (C=O) groups is 1. The van der Waals surface area contributed by atoms with Gasteiger partial charge in [-0.05, 0) is 54.0 Å². The number of hydrogen-bond acceptors (Lipinski definition) is 3. The van der Waals surface area contributed by atoms with Gasteiger partial charge in [0.15, 0.2) is 6.61 Å². The summed E-state index contributed by atoms with van der Waals surface area (Å²) in [6, 6.07) is 10.2. The Morgan fingerprint density at radius 3 is 2.43 bits per heavy atom. The molecule has 30 heavy (non-hydrogen) atoms. The predicted octanol–water partition coefficient (Wildman–Crippen LogP) is 7.03. The van der Waals surface area contributed by atoms with Crippen molar-refractivity contribution in [3.8, 4) is 16.9 Å². The molecule has 8 heteroatoms. The molecule has 162 valence electrons. The second-order valence-electron chi connectivity index (χ2n) is 7.44. The van der Waals surface area contributed by atoms with Crippen LogP contribution in [0.2, 0.25) is 5.02 Å². The SMILES string of the molecule is CSc1ccc(-c2cc([C@H](CC3CCC3)C(=O)O)cc(Cl)c2OCC(F)(F)F)cc1. The second-order valence-corrected chi connectivity index (χ2v) is 8.72. The van der Waals surface area contributed by atoms with Crippen LogP contribution in [0.4, 0.5) is 13.2 Å². The standard InChI is InChI=1S/C22H22ClF3O3S/c1-30-16-7-5-14(6-8-16)17-10-15(18(21(27)28)9-13-3-2-4-13)11-19(23)20(17)29-12-22(24,25)26/h5-8,10-11,13,18H,2-4,9,12H2,1H3,(H,27,28)/t18-/m0/s1. The summed E-state index contributed by atoms with van der Waals surface area (Å²) in [5, 5.41) is 9.74. The number of rotatable bonds is 8. The number of carboxylic acids is 1. The van der Waals surface area contributed by atoms with Crippen molar-refractivity contribution in [3.63, 3.8) is 0 Å². The van der Waals surface area contributed by atoms with Gasteiger partial charge in [-0.15, -0.1) is 11.8 Å². The third-order valence-electron chi connectivity index (χ3n) is 5.34. The van der Waals surface area contributed by atoms with E-state index >= 15 is 0 Å². The maximum Gasteiger partial charge on any atom is 0.422 e. The molecule has 0 unspecified atom stereocenters. The van der Waals surface area contributed by atoms with Crippen LogP contribution in [-0.2, 0) is 4.79 Å². The highest BCUT2D eigenvalue weighted by molar-refractivity contribution is 7.98. The van der Waals surface area contributed by atoms with Crippen LogP contribution >= 0.6 is 23.4 Å². The maximum atomic E-state index is 12.8. The van der Waals surface area contributed by atoms with Crippen molar-refractivity contribution < 1.29 is 27.8 Å². The van der Waals surface area contributed by atoms with Gasteiger partial charge < -0.3 is 9.84 Å². The predicted molar refractivity (Wildman–Crippen MR) is 113 cm³/mol. The molecule has 1 fully saturated rings. The molecule has 2 aromatic carbocycles. The topological polar surface area (TPSA) is 46.5 Å². The number of ether oxygens (including phenoxy) is 1. The highest BCUT2D eigenvalue weighted by atomic mass is 35.5. The van der Waals surface area contributed by atoms with E-state index in [-0.39, 0.29) is 10.8 Å². The number of hydrogen-bond donors (Lipinski definition) is 1. The van der Waals surface area contributed by atoms with Crippen molar-refractivity contribution >= 4 is 29.3 Å². The minimum atomic E-state index is -4.52. The first-order valence-electron chi connectivity index (χ1n) is 9.58. The van der Waals surface area contributed by atoms with Gasteiger partial charge in [0.05, 0.1) is 10.9 Å². The van der Waals surface area contributed by atoms with Crippen LogP contribution in [0.25, 0.3) is 11.1 Å². The molecule has 0 bridgehead atoms. The molecule has 0 radical (unpaired) electrons. The highest BCUT2D eigenvalue weighted by Gasteiger charge is 2.31. The van der Waals surface area contributed by atoms with Crippen molar-refractivity contribution in [1.82, 2.24) is 0 Å². The summed E-state index contributed by atoms with van der Waals surface area (Å²) in [5.74, 6) is -1.49. The summed E-state index contributed by atoms with van der Waals surface area (Å²) in [7, 11) is 0. The van der Waals surface area contributed by atoms with E-state index in [2.05, 4.69) is 0 Å².